The Morgan fingerprint density at radius 2 is 1.94 bits per heavy atom. The first-order valence-corrected chi connectivity index (χ1v) is 6.28. The summed E-state index contributed by atoms with van der Waals surface area (Å²) in [5, 5.41) is 0. The topological polar surface area (TPSA) is 67.5 Å². The molecule has 18 heavy (non-hydrogen) atoms. The molecule has 1 aliphatic rings. The van der Waals surface area contributed by atoms with Crippen molar-refractivity contribution < 1.29 is 4.74 Å². The van der Waals surface area contributed by atoms with Gasteiger partial charge in [0.25, 0.3) is 0 Å². The summed E-state index contributed by atoms with van der Waals surface area (Å²) in [6.07, 6.45) is 3.56. The highest BCUT2D eigenvalue weighted by atomic mass is 16.5. The number of rotatable bonds is 5. The van der Waals surface area contributed by atoms with Crippen molar-refractivity contribution in [3.05, 3.63) is 18.5 Å². The normalized spacial score (nSPS) is 18.9. The minimum Gasteiger partial charge on any atom is -0.383 e. The highest BCUT2D eigenvalue weighted by Crippen LogP contribution is 2.09. The predicted octanol–water partition coefficient (Wildman–Crippen LogP) is -0.428. The average Bonchev–Trinajstić information content (AvgIpc) is 2.41. The van der Waals surface area contributed by atoms with Crippen molar-refractivity contribution >= 4 is 5.95 Å². The van der Waals surface area contributed by atoms with Crippen molar-refractivity contribution in [3.63, 3.8) is 0 Å². The number of nitrogens with two attached hydrogens (primary N) is 1. The Labute approximate surface area is 108 Å². The number of piperazine rings is 1. The first-order chi connectivity index (χ1) is 8.79. The Bertz CT molecular complexity index is 340. The van der Waals surface area contributed by atoms with Gasteiger partial charge >= 0.3 is 0 Å². The minimum atomic E-state index is 0.0922. The molecule has 0 spiro atoms. The van der Waals surface area contributed by atoms with Gasteiger partial charge in [-0.1, -0.05) is 0 Å². The second kappa shape index (κ2) is 6.63. The summed E-state index contributed by atoms with van der Waals surface area (Å²) in [5.41, 5.74) is 5.96. The van der Waals surface area contributed by atoms with Gasteiger partial charge in [0, 0.05) is 58.3 Å². The molecule has 1 aromatic rings. The molecule has 2 N–H and O–H groups in total. The summed E-state index contributed by atoms with van der Waals surface area (Å²) >= 11 is 0. The highest BCUT2D eigenvalue weighted by Gasteiger charge is 2.19. The van der Waals surface area contributed by atoms with Gasteiger partial charge in [-0.2, -0.15) is 0 Å². The Kier molecular flexibility index (Phi) is 4.86. The quantitative estimate of drug-likeness (QED) is 0.766. The zero-order valence-corrected chi connectivity index (χ0v) is 10.8. The fourth-order valence-electron chi connectivity index (χ4n) is 2.18. The number of anilines is 1. The number of methoxy groups -OCH3 is 1. The third-order valence-corrected chi connectivity index (χ3v) is 3.08. The van der Waals surface area contributed by atoms with Crippen LogP contribution < -0.4 is 10.6 Å². The molecule has 0 radical (unpaired) electrons. The van der Waals surface area contributed by atoms with Crippen molar-refractivity contribution in [3.8, 4) is 0 Å². The molecule has 1 saturated heterocycles. The molecule has 0 saturated carbocycles. The van der Waals surface area contributed by atoms with Crippen molar-refractivity contribution in [1.29, 1.82) is 0 Å². The van der Waals surface area contributed by atoms with Gasteiger partial charge in [0.2, 0.25) is 5.95 Å². The maximum absolute atomic E-state index is 5.96. The molecular weight excluding hydrogens is 230 g/mol. The van der Waals surface area contributed by atoms with Crippen molar-refractivity contribution in [2.45, 2.75) is 6.04 Å². The van der Waals surface area contributed by atoms with Crippen LogP contribution in [0, 0.1) is 0 Å². The van der Waals surface area contributed by atoms with E-state index in [0.29, 0.717) is 6.61 Å². The number of hydrogen-bond donors (Lipinski definition) is 1. The van der Waals surface area contributed by atoms with E-state index in [1.54, 1.807) is 19.5 Å². The molecule has 6 heteroatoms. The zero-order chi connectivity index (χ0) is 12.8. The molecule has 0 bridgehead atoms. The first-order valence-electron chi connectivity index (χ1n) is 6.28. The fraction of sp³-hybridized carbons (Fsp3) is 0.667. The number of hydrogen-bond acceptors (Lipinski definition) is 6. The molecule has 2 heterocycles. The van der Waals surface area contributed by atoms with Gasteiger partial charge < -0.3 is 15.4 Å². The molecule has 1 aromatic heterocycles. The van der Waals surface area contributed by atoms with E-state index in [-0.39, 0.29) is 6.04 Å². The van der Waals surface area contributed by atoms with Crippen molar-refractivity contribution in [2.75, 3.05) is 51.3 Å². The second-order valence-electron chi connectivity index (χ2n) is 4.55. The number of ether oxygens (including phenoxy) is 1. The fourth-order valence-corrected chi connectivity index (χ4v) is 2.18. The molecule has 100 valence electrons. The number of nitrogens with zero attached hydrogens (tertiary/aromatic N) is 4. The Morgan fingerprint density at radius 3 is 2.56 bits per heavy atom. The lowest BCUT2D eigenvalue weighted by Gasteiger charge is -2.35. The minimum absolute atomic E-state index is 0.0922. The summed E-state index contributed by atoms with van der Waals surface area (Å²) < 4.78 is 5.05. The molecule has 0 aromatic carbocycles. The molecule has 1 atom stereocenters. The largest absolute Gasteiger partial charge is 0.383 e. The van der Waals surface area contributed by atoms with E-state index in [1.807, 2.05) is 6.07 Å². The average molecular weight is 251 g/mol. The Hall–Kier alpha value is -1.24. The van der Waals surface area contributed by atoms with E-state index in [4.69, 9.17) is 10.5 Å². The second-order valence-corrected chi connectivity index (χ2v) is 4.55. The molecular formula is C12H21N5O. The lowest BCUT2D eigenvalue weighted by Crippen LogP contribution is -2.51. The van der Waals surface area contributed by atoms with E-state index < -0.39 is 0 Å². The maximum atomic E-state index is 5.96. The zero-order valence-electron chi connectivity index (χ0n) is 10.8. The highest BCUT2D eigenvalue weighted by molar-refractivity contribution is 5.29. The van der Waals surface area contributed by atoms with E-state index in [1.165, 1.54) is 0 Å². The molecule has 0 amide bonds. The van der Waals surface area contributed by atoms with E-state index in [2.05, 4.69) is 19.8 Å². The van der Waals surface area contributed by atoms with Gasteiger partial charge in [0.15, 0.2) is 0 Å². The molecule has 0 aliphatic carbocycles. The number of aromatic nitrogens is 2. The smallest absolute Gasteiger partial charge is 0.225 e. The van der Waals surface area contributed by atoms with Crippen LogP contribution in [0.4, 0.5) is 5.95 Å². The van der Waals surface area contributed by atoms with Crippen LogP contribution in [0.1, 0.15) is 0 Å². The summed E-state index contributed by atoms with van der Waals surface area (Å²) in [6.45, 7) is 5.39. The third kappa shape index (κ3) is 3.63. The first kappa shape index (κ1) is 13.2. The monoisotopic (exact) mass is 251 g/mol. The van der Waals surface area contributed by atoms with Gasteiger partial charge in [-0.25, -0.2) is 9.97 Å². The van der Waals surface area contributed by atoms with Gasteiger partial charge in [-0.05, 0) is 6.07 Å². The molecule has 1 unspecified atom stereocenters. The summed E-state index contributed by atoms with van der Waals surface area (Å²) in [7, 11) is 1.69. The van der Waals surface area contributed by atoms with Gasteiger partial charge in [-0.15, -0.1) is 0 Å². The lowest BCUT2D eigenvalue weighted by molar-refractivity contribution is 0.150. The van der Waals surface area contributed by atoms with Crippen LogP contribution in [0.5, 0.6) is 0 Å². The molecule has 6 nitrogen and oxygen atoms in total. The van der Waals surface area contributed by atoms with E-state index >= 15 is 0 Å². The van der Waals surface area contributed by atoms with Crippen molar-refractivity contribution in [1.82, 2.24) is 14.9 Å². The van der Waals surface area contributed by atoms with Gasteiger partial charge in [0.05, 0.1) is 6.61 Å². The molecule has 1 fully saturated rings. The van der Waals surface area contributed by atoms with Crippen LogP contribution in [-0.4, -0.2) is 67.4 Å². The van der Waals surface area contributed by atoms with Gasteiger partial charge in [0.1, 0.15) is 0 Å². The molecule has 2 rings (SSSR count). The van der Waals surface area contributed by atoms with Crippen LogP contribution in [0.3, 0.4) is 0 Å². The van der Waals surface area contributed by atoms with Crippen LogP contribution in [-0.2, 0) is 4.74 Å². The lowest BCUT2D eigenvalue weighted by atomic mass is 10.2. The Morgan fingerprint density at radius 1 is 1.28 bits per heavy atom. The SMILES string of the molecule is COCC(N)CN1CCN(c2ncccn2)CC1. The van der Waals surface area contributed by atoms with E-state index in [0.717, 1.165) is 38.7 Å². The van der Waals surface area contributed by atoms with Crippen LogP contribution >= 0.6 is 0 Å². The summed E-state index contributed by atoms with van der Waals surface area (Å²) in [4.78, 5) is 13.1. The van der Waals surface area contributed by atoms with Crippen molar-refractivity contribution in [2.24, 2.45) is 5.73 Å². The molecule has 1 aliphatic heterocycles. The standard InChI is InChI=1S/C12H21N5O/c1-18-10-11(13)9-16-5-7-17(8-6-16)12-14-3-2-4-15-12/h2-4,11H,5-10,13H2,1H3. The summed E-state index contributed by atoms with van der Waals surface area (Å²) in [6, 6.07) is 1.93. The maximum Gasteiger partial charge on any atom is 0.225 e. The van der Waals surface area contributed by atoms with Gasteiger partial charge in [-0.3, -0.25) is 4.90 Å². The third-order valence-electron chi connectivity index (χ3n) is 3.08. The van der Waals surface area contributed by atoms with E-state index in [9.17, 15) is 0 Å². The Balaban J connectivity index is 1.78. The van der Waals surface area contributed by atoms with Crippen LogP contribution in [0.2, 0.25) is 0 Å². The van der Waals surface area contributed by atoms with Crippen LogP contribution in [0.25, 0.3) is 0 Å². The van der Waals surface area contributed by atoms with Crippen LogP contribution in [0.15, 0.2) is 18.5 Å². The predicted molar refractivity (Wildman–Crippen MR) is 70.5 cm³/mol. The summed E-state index contributed by atoms with van der Waals surface area (Å²) in [5.74, 6) is 0.818.